The zero-order chi connectivity index (χ0) is 13.0. The van der Waals surface area contributed by atoms with Crippen LogP contribution in [0.3, 0.4) is 0 Å². The molecule has 2 rings (SSSR count). The fourth-order valence-electron chi connectivity index (χ4n) is 1.71. The molecule has 0 radical (unpaired) electrons. The zero-order valence-corrected chi connectivity index (χ0v) is 11.3. The van der Waals surface area contributed by atoms with Crippen LogP contribution in [0.5, 0.6) is 0 Å². The van der Waals surface area contributed by atoms with E-state index in [-0.39, 0.29) is 0 Å². The molecule has 18 heavy (non-hydrogen) atoms. The second-order valence-electron chi connectivity index (χ2n) is 4.12. The number of aliphatic hydroxyl groups excluding tert-OH is 1. The van der Waals surface area contributed by atoms with Gasteiger partial charge in [-0.25, -0.2) is 0 Å². The molecule has 94 valence electrons. The Morgan fingerprint density at radius 1 is 1.11 bits per heavy atom. The third kappa shape index (κ3) is 3.10. The van der Waals surface area contributed by atoms with Crippen molar-refractivity contribution in [3.8, 4) is 0 Å². The van der Waals surface area contributed by atoms with Crippen LogP contribution >= 0.6 is 11.9 Å². The Morgan fingerprint density at radius 2 is 1.78 bits per heavy atom. The summed E-state index contributed by atoms with van der Waals surface area (Å²) in [5.74, 6) is 0. The molecule has 0 bridgehead atoms. The van der Waals surface area contributed by atoms with Crippen LogP contribution in [0.1, 0.15) is 17.2 Å². The summed E-state index contributed by atoms with van der Waals surface area (Å²) in [7, 11) is 3.97. The van der Waals surface area contributed by atoms with Crippen LogP contribution < -0.4 is 0 Å². The van der Waals surface area contributed by atoms with Crippen LogP contribution in [0, 0.1) is 0 Å². The summed E-state index contributed by atoms with van der Waals surface area (Å²) in [5, 5.41) is 10.4. The van der Waals surface area contributed by atoms with Gasteiger partial charge in [-0.1, -0.05) is 18.2 Å². The second-order valence-corrected chi connectivity index (χ2v) is 5.48. The van der Waals surface area contributed by atoms with Crippen molar-refractivity contribution in [2.24, 2.45) is 0 Å². The Hall–Kier alpha value is -1.36. The number of aliphatic hydroxyl groups is 1. The molecule has 0 aliphatic heterocycles. The molecule has 0 aliphatic rings. The van der Waals surface area contributed by atoms with E-state index in [0.29, 0.717) is 0 Å². The molecule has 4 heteroatoms. The molecule has 0 spiro atoms. The second kappa shape index (κ2) is 6.00. The summed E-state index contributed by atoms with van der Waals surface area (Å²) in [6, 6.07) is 11.6. The van der Waals surface area contributed by atoms with Crippen molar-refractivity contribution in [2.45, 2.75) is 11.0 Å². The lowest BCUT2D eigenvalue weighted by molar-refractivity contribution is 0.217. The molecular formula is C14H16N2OS. The van der Waals surface area contributed by atoms with Gasteiger partial charge in [0.25, 0.3) is 0 Å². The molecular weight excluding hydrogens is 244 g/mol. The third-order valence-electron chi connectivity index (χ3n) is 2.52. The first-order chi connectivity index (χ1) is 8.68. The molecule has 1 heterocycles. The monoisotopic (exact) mass is 260 g/mol. The van der Waals surface area contributed by atoms with Gasteiger partial charge in [-0.05, 0) is 55.4 Å². The Balaban J connectivity index is 2.33. The average molecular weight is 260 g/mol. The summed E-state index contributed by atoms with van der Waals surface area (Å²) >= 11 is 1.61. The Kier molecular flexibility index (Phi) is 4.36. The number of hydrogen-bond acceptors (Lipinski definition) is 4. The summed E-state index contributed by atoms with van der Waals surface area (Å²) in [6.07, 6.45) is 2.78. The highest BCUT2D eigenvalue weighted by Gasteiger charge is 2.14. The summed E-state index contributed by atoms with van der Waals surface area (Å²) in [4.78, 5) is 5.03. The van der Waals surface area contributed by atoms with Crippen molar-refractivity contribution in [1.82, 2.24) is 9.29 Å². The van der Waals surface area contributed by atoms with E-state index in [9.17, 15) is 5.11 Å². The van der Waals surface area contributed by atoms with Gasteiger partial charge in [-0.3, -0.25) is 9.29 Å². The quantitative estimate of drug-likeness (QED) is 0.858. The predicted octanol–water partition coefficient (Wildman–Crippen LogP) is 2.73. The van der Waals surface area contributed by atoms with E-state index in [1.165, 1.54) is 0 Å². The van der Waals surface area contributed by atoms with Gasteiger partial charge in [0, 0.05) is 17.3 Å². The van der Waals surface area contributed by atoms with E-state index in [4.69, 9.17) is 0 Å². The van der Waals surface area contributed by atoms with Crippen LogP contribution in [-0.4, -0.2) is 28.5 Å². The molecule has 1 aromatic heterocycles. The number of benzene rings is 1. The minimum Gasteiger partial charge on any atom is -0.384 e. The minimum atomic E-state index is -0.614. The summed E-state index contributed by atoms with van der Waals surface area (Å²) < 4.78 is 2.01. The maximum Gasteiger partial charge on any atom is 0.105 e. The highest BCUT2D eigenvalue weighted by atomic mass is 32.2. The van der Waals surface area contributed by atoms with E-state index in [2.05, 4.69) is 4.98 Å². The van der Waals surface area contributed by atoms with E-state index in [1.807, 2.05) is 54.8 Å². The first-order valence-corrected chi connectivity index (χ1v) is 6.48. The summed E-state index contributed by atoms with van der Waals surface area (Å²) in [5.41, 5.74) is 1.78. The number of nitrogens with zero attached hydrogens (tertiary/aromatic N) is 2. The van der Waals surface area contributed by atoms with Gasteiger partial charge in [0.2, 0.25) is 0 Å². The van der Waals surface area contributed by atoms with Crippen molar-refractivity contribution in [2.75, 3.05) is 14.1 Å². The molecule has 3 nitrogen and oxygen atoms in total. The first kappa shape index (κ1) is 13.1. The average Bonchev–Trinajstić information content (AvgIpc) is 2.39. The lowest BCUT2D eigenvalue weighted by Gasteiger charge is -2.17. The fraction of sp³-hybridized carbons (Fsp3) is 0.214. The molecule has 1 atom stereocenters. The van der Waals surface area contributed by atoms with Crippen LogP contribution in [-0.2, 0) is 0 Å². The largest absolute Gasteiger partial charge is 0.384 e. The SMILES string of the molecule is CN(C)Sc1ccccc1C(O)c1ccncc1. The number of rotatable bonds is 4. The molecule has 1 aromatic carbocycles. The van der Waals surface area contributed by atoms with Gasteiger partial charge in [-0.15, -0.1) is 0 Å². The van der Waals surface area contributed by atoms with Gasteiger partial charge in [0.05, 0.1) is 0 Å². The zero-order valence-electron chi connectivity index (χ0n) is 10.4. The fourth-order valence-corrected chi connectivity index (χ4v) is 2.53. The van der Waals surface area contributed by atoms with Gasteiger partial charge in [0.1, 0.15) is 6.10 Å². The molecule has 1 N–H and O–H groups in total. The lowest BCUT2D eigenvalue weighted by Crippen LogP contribution is -2.05. The van der Waals surface area contributed by atoms with Crippen molar-refractivity contribution in [3.05, 3.63) is 59.9 Å². The Labute approximate surface area is 112 Å². The maximum atomic E-state index is 10.4. The Bertz CT molecular complexity index is 502. The topological polar surface area (TPSA) is 36.4 Å². The van der Waals surface area contributed by atoms with E-state index < -0.39 is 6.10 Å². The molecule has 0 aliphatic carbocycles. The number of hydrogen-bond donors (Lipinski definition) is 1. The van der Waals surface area contributed by atoms with E-state index in [0.717, 1.165) is 16.0 Å². The van der Waals surface area contributed by atoms with Gasteiger partial charge in [0.15, 0.2) is 0 Å². The van der Waals surface area contributed by atoms with E-state index >= 15 is 0 Å². The van der Waals surface area contributed by atoms with Crippen molar-refractivity contribution >= 4 is 11.9 Å². The molecule has 0 fully saturated rings. The first-order valence-electron chi connectivity index (χ1n) is 5.70. The highest BCUT2D eigenvalue weighted by Crippen LogP contribution is 2.31. The van der Waals surface area contributed by atoms with Crippen molar-refractivity contribution in [3.63, 3.8) is 0 Å². The van der Waals surface area contributed by atoms with Crippen LogP contribution in [0.2, 0.25) is 0 Å². The van der Waals surface area contributed by atoms with Crippen LogP contribution in [0.25, 0.3) is 0 Å². The standard InChI is InChI=1S/C14H16N2OS/c1-16(2)18-13-6-4-3-5-12(13)14(17)11-7-9-15-10-8-11/h3-10,14,17H,1-2H3. The van der Waals surface area contributed by atoms with Crippen LogP contribution in [0.15, 0.2) is 53.7 Å². The van der Waals surface area contributed by atoms with Crippen LogP contribution in [0.4, 0.5) is 0 Å². The smallest absolute Gasteiger partial charge is 0.105 e. The number of pyridine rings is 1. The van der Waals surface area contributed by atoms with Gasteiger partial charge >= 0.3 is 0 Å². The van der Waals surface area contributed by atoms with Crippen molar-refractivity contribution in [1.29, 1.82) is 0 Å². The maximum absolute atomic E-state index is 10.4. The molecule has 1 unspecified atom stereocenters. The minimum absolute atomic E-state index is 0.614. The lowest BCUT2D eigenvalue weighted by atomic mass is 10.0. The molecule has 0 saturated carbocycles. The summed E-state index contributed by atoms with van der Waals surface area (Å²) in [6.45, 7) is 0. The molecule has 0 amide bonds. The highest BCUT2D eigenvalue weighted by molar-refractivity contribution is 7.97. The van der Waals surface area contributed by atoms with Crippen molar-refractivity contribution < 1.29 is 5.11 Å². The molecule has 2 aromatic rings. The van der Waals surface area contributed by atoms with E-state index in [1.54, 1.807) is 24.3 Å². The predicted molar refractivity (Wildman–Crippen MR) is 74.3 cm³/mol. The molecule has 0 saturated heterocycles. The Morgan fingerprint density at radius 3 is 2.44 bits per heavy atom. The normalized spacial score (nSPS) is 12.7. The number of aromatic nitrogens is 1. The van der Waals surface area contributed by atoms with Gasteiger partial charge in [-0.2, -0.15) is 0 Å². The third-order valence-corrected chi connectivity index (χ3v) is 3.45. The van der Waals surface area contributed by atoms with Gasteiger partial charge < -0.3 is 5.11 Å².